The highest BCUT2D eigenvalue weighted by Crippen LogP contribution is 2.35. The third kappa shape index (κ3) is 4.26. The molecule has 0 spiro atoms. The van der Waals surface area contributed by atoms with Gasteiger partial charge in [-0.15, -0.1) is 0 Å². The summed E-state index contributed by atoms with van der Waals surface area (Å²) < 4.78 is 20.8. The molecule has 1 aliphatic rings. The quantitative estimate of drug-likeness (QED) is 0.431. The summed E-state index contributed by atoms with van der Waals surface area (Å²) in [4.78, 5) is 29.7. The van der Waals surface area contributed by atoms with Crippen LogP contribution in [-0.2, 0) is 4.79 Å². The second-order valence-corrected chi connectivity index (χ2v) is 8.35. The first-order chi connectivity index (χ1) is 16.5. The molecular formula is C24H24FN7O2. The van der Waals surface area contributed by atoms with E-state index in [1.165, 1.54) is 12.3 Å². The van der Waals surface area contributed by atoms with Gasteiger partial charge in [-0.3, -0.25) is 4.79 Å². The molecule has 3 aromatic heterocycles. The van der Waals surface area contributed by atoms with Gasteiger partial charge in [0.2, 0.25) is 11.9 Å². The molecule has 1 aromatic carbocycles. The van der Waals surface area contributed by atoms with Gasteiger partial charge in [-0.25, -0.2) is 19.9 Å². The fourth-order valence-electron chi connectivity index (χ4n) is 4.44. The number of benzene rings is 1. The molecule has 5 rings (SSSR count). The molecule has 10 heteroatoms. The molecule has 0 saturated heterocycles. The summed E-state index contributed by atoms with van der Waals surface area (Å²) in [5.41, 5.74) is 8.46. The van der Waals surface area contributed by atoms with Gasteiger partial charge < -0.3 is 20.4 Å². The van der Waals surface area contributed by atoms with Gasteiger partial charge in [-0.2, -0.15) is 4.39 Å². The highest BCUT2D eigenvalue weighted by atomic mass is 19.1. The Morgan fingerprint density at radius 3 is 2.74 bits per heavy atom. The van der Waals surface area contributed by atoms with Crippen LogP contribution in [0.25, 0.3) is 22.6 Å². The standard InChI is InChI=1S/C24H24FN7O2/c1-34-18-4-2-3-16(12-18)29-24(33)14-5-7-17(8-6-14)32-13-28-20-21(26)30-22(31-23(20)32)15-9-10-27-19(25)11-15/h2-4,9-14,17H,5-8H2,1H3,(H,29,33)(H2,26,30,31). The molecular weight excluding hydrogens is 437 g/mol. The average Bonchev–Trinajstić information content (AvgIpc) is 3.29. The number of nitrogens with one attached hydrogen (secondary N) is 1. The minimum atomic E-state index is -0.612. The van der Waals surface area contributed by atoms with Crippen molar-refractivity contribution < 1.29 is 13.9 Å². The minimum Gasteiger partial charge on any atom is -0.497 e. The molecule has 4 aromatic rings. The van der Waals surface area contributed by atoms with E-state index in [1.807, 2.05) is 22.8 Å². The van der Waals surface area contributed by atoms with Crippen molar-refractivity contribution in [3.8, 4) is 17.1 Å². The number of halogens is 1. The summed E-state index contributed by atoms with van der Waals surface area (Å²) in [6.45, 7) is 0. The maximum Gasteiger partial charge on any atom is 0.227 e. The number of aromatic nitrogens is 5. The summed E-state index contributed by atoms with van der Waals surface area (Å²) in [5.74, 6) is 0.576. The van der Waals surface area contributed by atoms with Crippen LogP contribution in [0.3, 0.4) is 0 Å². The van der Waals surface area contributed by atoms with E-state index in [0.29, 0.717) is 28.3 Å². The third-order valence-electron chi connectivity index (χ3n) is 6.23. The summed E-state index contributed by atoms with van der Waals surface area (Å²) >= 11 is 0. The Morgan fingerprint density at radius 1 is 1.15 bits per heavy atom. The van der Waals surface area contributed by atoms with E-state index in [9.17, 15) is 9.18 Å². The van der Waals surface area contributed by atoms with E-state index in [-0.39, 0.29) is 23.7 Å². The van der Waals surface area contributed by atoms with Crippen LogP contribution in [0, 0.1) is 11.9 Å². The molecule has 1 amide bonds. The van der Waals surface area contributed by atoms with Crippen LogP contribution in [0.15, 0.2) is 48.9 Å². The minimum absolute atomic E-state index is 0.00996. The summed E-state index contributed by atoms with van der Waals surface area (Å²) in [5, 5.41) is 2.99. The van der Waals surface area contributed by atoms with E-state index in [1.54, 1.807) is 25.6 Å². The molecule has 174 valence electrons. The number of carbonyl (C=O) groups is 1. The largest absolute Gasteiger partial charge is 0.497 e. The first-order valence-electron chi connectivity index (χ1n) is 11.1. The zero-order chi connectivity index (χ0) is 23.7. The Kier molecular flexibility index (Phi) is 5.79. The molecule has 0 radical (unpaired) electrons. The molecule has 3 heterocycles. The number of rotatable bonds is 5. The molecule has 0 atom stereocenters. The Morgan fingerprint density at radius 2 is 1.97 bits per heavy atom. The lowest BCUT2D eigenvalue weighted by Crippen LogP contribution is -2.28. The number of anilines is 2. The number of nitrogens with zero attached hydrogens (tertiary/aromatic N) is 5. The van der Waals surface area contributed by atoms with Crippen LogP contribution < -0.4 is 15.8 Å². The molecule has 0 aliphatic heterocycles. The number of nitrogen functional groups attached to an aromatic ring is 1. The van der Waals surface area contributed by atoms with Crippen molar-refractivity contribution in [1.29, 1.82) is 0 Å². The van der Waals surface area contributed by atoms with E-state index in [4.69, 9.17) is 10.5 Å². The van der Waals surface area contributed by atoms with Crippen molar-refractivity contribution in [1.82, 2.24) is 24.5 Å². The molecule has 3 N–H and O–H groups in total. The highest BCUT2D eigenvalue weighted by Gasteiger charge is 2.28. The van der Waals surface area contributed by atoms with Crippen LogP contribution in [0.2, 0.25) is 0 Å². The number of imidazole rings is 1. The van der Waals surface area contributed by atoms with Crippen molar-refractivity contribution in [2.45, 2.75) is 31.7 Å². The fraction of sp³-hybridized carbons (Fsp3) is 0.292. The SMILES string of the molecule is COc1cccc(NC(=O)C2CCC(n3cnc4c(N)nc(-c5ccnc(F)c5)nc43)CC2)c1. The van der Waals surface area contributed by atoms with Crippen LogP contribution >= 0.6 is 0 Å². The molecule has 34 heavy (non-hydrogen) atoms. The molecule has 1 saturated carbocycles. The lowest BCUT2D eigenvalue weighted by molar-refractivity contribution is -0.120. The van der Waals surface area contributed by atoms with Gasteiger partial charge >= 0.3 is 0 Å². The van der Waals surface area contributed by atoms with Gasteiger partial charge in [0.25, 0.3) is 0 Å². The molecule has 1 aliphatic carbocycles. The van der Waals surface area contributed by atoms with Crippen molar-refractivity contribution >= 4 is 28.6 Å². The molecule has 0 bridgehead atoms. The normalized spacial score (nSPS) is 18.1. The number of amides is 1. The van der Waals surface area contributed by atoms with Crippen LogP contribution in [0.4, 0.5) is 15.9 Å². The first-order valence-corrected chi connectivity index (χ1v) is 11.1. The average molecular weight is 462 g/mol. The van der Waals surface area contributed by atoms with E-state index < -0.39 is 5.95 Å². The predicted molar refractivity (Wildman–Crippen MR) is 126 cm³/mol. The number of carbonyl (C=O) groups excluding carboxylic acids is 1. The Hall–Kier alpha value is -4.08. The van der Waals surface area contributed by atoms with Gasteiger partial charge in [0, 0.05) is 41.5 Å². The Labute approximate surface area is 195 Å². The van der Waals surface area contributed by atoms with Crippen molar-refractivity contribution in [2.24, 2.45) is 5.92 Å². The van der Waals surface area contributed by atoms with Crippen molar-refractivity contribution in [3.63, 3.8) is 0 Å². The number of hydrogen-bond donors (Lipinski definition) is 2. The highest BCUT2D eigenvalue weighted by molar-refractivity contribution is 5.92. The Balaban J connectivity index is 1.32. The lowest BCUT2D eigenvalue weighted by Gasteiger charge is -2.28. The fourth-order valence-corrected chi connectivity index (χ4v) is 4.44. The van der Waals surface area contributed by atoms with Gasteiger partial charge in [0.05, 0.1) is 13.4 Å². The maximum atomic E-state index is 13.6. The number of ether oxygens (including phenoxy) is 1. The number of nitrogens with two attached hydrogens (primary N) is 1. The van der Waals surface area contributed by atoms with Gasteiger partial charge in [0.1, 0.15) is 11.3 Å². The number of hydrogen-bond acceptors (Lipinski definition) is 7. The summed E-state index contributed by atoms with van der Waals surface area (Å²) in [6, 6.07) is 10.4. The van der Waals surface area contributed by atoms with Crippen LogP contribution in [0.1, 0.15) is 31.7 Å². The zero-order valence-corrected chi connectivity index (χ0v) is 18.6. The molecule has 9 nitrogen and oxygen atoms in total. The van der Waals surface area contributed by atoms with Crippen LogP contribution in [0.5, 0.6) is 5.75 Å². The number of pyridine rings is 1. The summed E-state index contributed by atoms with van der Waals surface area (Å²) in [6.07, 6.45) is 6.15. The van der Waals surface area contributed by atoms with E-state index in [2.05, 4.69) is 25.3 Å². The number of methoxy groups -OCH3 is 1. The van der Waals surface area contributed by atoms with Gasteiger partial charge in [-0.1, -0.05) is 6.07 Å². The predicted octanol–water partition coefficient (Wildman–Crippen LogP) is 3.99. The monoisotopic (exact) mass is 461 g/mol. The molecule has 0 unspecified atom stereocenters. The van der Waals surface area contributed by atoms with E-state index in [0.717, 1.165) is 31.4 Å². The Bertz CT molecular complexity index is 1350. The second-order valence-electron chi connectivity index (χ2n) is 8.35. The topological polar surface area (TPSA) is 121 Å². The second kappa shape index (κ2) is 9.05. The maximum absolute atomic E-state index is 13.6. The van der Waals surface area contributed by atoms with Crippen molar-refractivity contribution in [3.05, 3.63) is 54.9 Å². The summed E-state index contributed by atoms with van der Waals surface area (Å²) in [7, 11) is 1.60. The third-order valence-corrected chi connectivity index (χ3v) is 6.23. The van der Waals surface area contributed by atoms with Crippen molar-refractivity contribution in [2.75, 3.05) is 18.2 Å². The van der Waals surface area contributed by atoms with Gasteiger partial charge in [-0.05, 0) is 43.9 Å². The smallest absolute Gasteiger partial charge is 0.227 e. The van der Waals surface area contributed by atoms with E-state index >= 15 is 0 Å². The van der Waals surface area contributed by atoms with Gasteiger partial charge in [0.15, 0.2) is 17.3 Å². The first kappa shape index (κ1) is 21.7. The van der Waals surface area contributed by atoms with Crippen LogP contribution in [-0.4, -0.2) is 37.5 Å². The number of fused-ring (bicyclic) bond motifs is 1. The zero-order valence-electron chi connectivity index (χ0n) is 18.6. The molecule has 1 fully saturated rings. The lowest BCUT2D eigenvalue weighted by atomic mass is 9.85.